The lowest BCUT2D eigenvalue weighted by atomic mass is 10.0. The van der Waals surface area contributed by atoms with Crippen LogP contribution in [-0.4, -0.2) is 52.1 Å². The smallest absolute Gasteiger partial charge is 0.253 e. The van der Waals surface area contributed by atoms with Crippen molar-refractivity contribution in [3.63, 3.8) is 0 Å². The van der Waals surface area contributed by atoms with Gasteiger partial charge in [-0.15, -0.1) is 0 Å². The van der Waals surface area contributed by atoms with E-state index in [-0.39, 0.29) is 5.91 Å². The van der Waals surface area contributed by atoms with E-state index >= 15 is 0 Å². The first-order valence-electron chi connectivity index (χ1n) is 9.39. The predicted octanol–water partition coefficient (Wildman–Crippen LogP) is 2.78. The number of benzene rings is 1. The average Bonchev–Trinajstić information content (AvgIpc) is 3.31. The number of methoxy groups -OCH3 is 1. The molecule has 1 amide bonds. The van der Waals surface area contributed by atoms with E-state index in [1.807, 2.05) is 47.4 Å². The van der Waals surface area contributed by atoms with Crippen LogP contribution in [0.25, 0.3) is 11.2 Å². The number of carbonyl (C=O) groups is 1. The summed E-state index contributed by atoms with van der Waals surface area (Å²) >= 11 is 0. The number of fused-ring (bicyclic) bond motifs is 1. The normalized spacial score (nSPS) is 16.9. The molecule has 0 N–H and O–H groups in total. The Morgan fingerprint density at radius 2 is 2.07 bits per heavy atom. The maximum atomic E-state index is 12.7. The van der Waals surface area contributed by atoms with E-state index in [0.717, 1.165) is 55.0 Å². The Labute approximate surface area is 158 Å². The van der Waals surface area contributed by atoms with Crippen LogP contribution in [0.5, 0.6) is 0 Å². The summed E-state index contributed by atoms with van der Waals surface area (Å²) < 4.78 is 7.41. The van der Waals surface area contributed by atoms with E-state index in [1.54, 1.807) is 13.3 Å². The largest absolute Gasteiger partial charge is 0.383 e. The topological polar surface area (TPSA) is 60.2 Å². The standard InChI is InChI=1S/C21H24N4O2/c1-27-13-12-25-19(23-18-8-5-10-22-20(18)25)14-16-9-11-24(15-16)21(26)17-6-3-2-4-7-17/h2-8,10,16H,9,11-15H2,1H3. The Kier molecular flexibility index (Phi) is 5.16. The van der Waals surface area contributed by atoms with Crippen molar-refractivity contribution in [2.24, 2.45) is 5.92 Å². The first-order valence-corrected chi connectivity index (χ1v) is 9.39. The van der Waals surface area contributed by atoms with E-state index in [0.29, 0.717) is 12.5 Å². The molecule has 6 heteroatoms. The number of ether oxygens (including phenoxy) is 1. The van der Waals surface area contributed by atoms with Crippen LogP contribution in [0.1, 0.15) is 22.6 Å². The van der Waals surface area contributed by atoms with Gasteiger partial charge in [0.25, 0.3) is 5.91 Å². The molecule has 0 radical (unpaired) electrons. The number of carbonyl (C=O) groups excluding carboxylic acids is 1. The van der Waals surface area contributed by atoms with Gasteiger partial charge in [-0.1, -0.05) is 18.2 Å². The van der Waals surface area contributed by atoms with Gasteiger partial charge in [0.05, 0.1) is 6.61 Å². The number of amides is 1. The van der Waals surface area contributed by atoms with Crippen molar-refractivity contribution in [3.05, 3.63) is 60.0 Å². The second-order valence-electron chi connectivity index (χ2n) is 6.99. The lowest BCUT2D eigenvalue weighted by Crippen LogP contribution is -2.29. The fraction of sp³-hybridized carbons (Fsp3) is 0.381. The molecule has 3 aromatic rings. The number of nitrogens with zero attached hydrogens (tertiary/aromatic N) is 4. The lowest BCUT2D eigenvalue weighted by molar-refractivity contribution is 0.0787. The Morgan fingerprint density at radius 3 is 2.89 bits per heavy atom. The van der Waals surface area contributed by atoms with Crippen LogP contribution in [0.2, 0.25) is 0 Å². The molecule has 1 unspecified atom stereocenters. The zero-order valence-electron chi connectivity index (χ0n) is 15.5. The van der Waals surface area contributed by atoms with Gasteiger partial charge in [-0.3, -0.25) is 4.79 Å². The quantitative estimate of drug-likeness (QED) is 0.675. The van der Waals surface area contributed by atoms with Crippen LogP contribution in [0.4, 0.5) is 0 Å². The Balaban J connectivity index is 1.49. The third-order valence-corrected chi connectivity index (χ3v) is 5.17. The lowest BCUT2D eigenvalue weighted by Gasteiger charge is -2.17. The minimum Gasteiger partial charge on any atom is -0.383 e. The molecule has 0 aliphatic carbocycles. The highest BCUT2D eigenvalue weighted by atomic mass is 16.5. The Bertz CT molecular complexity index is 922. The molecule has 0 saturated carbocycles. The highest BCUT2D eigenvalue weighted by Crippen LogP contribution is 2.24. The maximum Gasteiger partial charge on any atom is 0.253 e. The second-order valence-corrected chi connectivity index (χ2v) is 6.99. The molecule has 1 aliphatic heterocycles. The number of hydrogen-bond acceptors (Lipinski definition) is 4. The van der Waals surface area contributed by atoms with Gasteiger partial charge in [0, 0.05) is 44.9 Å². The van der Waals surface area contributed by atoms with Gasteiger partial charge >= 0.3 is 0 Å². The summed E-state index contributed by atoms with van der Waals surface area (Å²) in [6, 6.07) is 13.4. The molecule has 3 heterocycles. The molecular weight excluding hydrogens is 340 g/mol. The molecule has 2 aromatic heterocycles. The number of pyridine rings is 1. The van der Waals surface area contributed by atoms with Crippen LogP contribution in [-0.2, 0) is 17.7 Å². The summed E-state index contributed by atoms with van der Waals surface area (Å²) in [5.41, 5.74) is 2.58. The van der Waals surface area contributed by atoms with Crippen molar-refractivity contribution in [3.8, 4) is 0 Å². The molecule has 1 aliphatic rings. The number of hydrogen-bond donors (Lipinski definition) is 0. The van der Waals surface area contributed by atoms with Gasteiger partial charge in [-0.25, -0.2) is 9.97 Å². The van der Waals surface area contributed by atoms with Gasteiger partial charge in [0.1, 0.15) is 11.3 Å². The molecule has 1 atom stereocenters. The summed E-state index contributed by atoms with van der Waals surface area (Å²) in [5, 5.41) is 0. The zero-order chi connectivity index (χ0) is 18.6. The zero-order valence-corrected chi connectivity index (χ0v) is 15.5. The van der Waals surface area contributed by atoms with Crippen molar-refractivity contribution < 1.29 is 9.53 Å². The van der Waals surface area contributed by atoms with E-state index < -0.39 is 0 Å². The summed E-state index contributed by atoms with van der Waals surface area (Å²) in [4.78, 5) is 23.9. The van der Waals surface area contributed by atoms with Gasteiger partial charge in [-0.2, -0.15) is 0 Å². The monoisotopic (exact) mass is 364 g/mol. The van der Waals surface area contributed by atoms with Crippen LogP contribution < -0.4 is 0 Å². The minimum atomic E-state index is 0.118. The van der Waals surface area contributed by atoms with Crippen molar-refractivity contribution in [1.82, 2.24) is 19.4 Å². The van der Waals surface area contributed by atoms with Crippen LogP contribution in [0.3, 0.4) is 0 Å². The summed E-state index contributed by atoms with van der Waals surface area (Å²) in [7, 11) is 1.70. The van der Waals surface area contributed by atoms with Crippen molar-refractivity contribution in [1.29, 1.82) is 0 Å². The van der Waals surface area contributed by atoms with E-state index in [1.165, 1.54) is 0 Å². The van der Waals surface area contributed by atoms with Crippen molar-refractivity contribution >= 4 is 17.1 Å². The molecule has 140 valence electrons. The van der Waals surface area contributed by atoms with E-state index in [4.69, 9.17) is 9.72 Å². The van der Waals surface area contributed by atoms with Crippen LogP contribution in [0, 0.1) is 5.92 Å². The third kappa shape index (κ3) is 3.71. The van der Waals surface area contributed by atoms with E-state index in [2.05, 4.69) is 9.55 Å². The molecule has 0 spiro atoms. The summed E-state index contributed by atoms with van der Waals surface area (Å²) in [5.74, 6) is 1.56. The highest BCUT2D eigenvalue weighted by Gasteiger charge is 2.28. The summed E-state index contributed by atoms with van der Waals surface area (Å²) in [6.45, 7) is 2.93. The Morgan fingerprint density at radius 1 is 1.22 bits per heavy atom. The Hall–Kier alpha value is -2.73. The van der Waals surface area contributed by atoms with Gasteiger partial charge in [-0.05, 0) is 36.6 Å². The predicted molar refractivity (Wildman–Crippen MR) is 104 cm³/mol. The van der Waals surface area contributed by atoms with Crippen LogP contribution in [0.15, 0.2) is 48.7 Å². The minimum absolute atomic E-state index is 0.118. The first-order chi connectivity index (χ1) is 13.3. The molecule has 1 fully saturated rings. The molecular formula is C21H24N4O2. The molecule has 27 heavy (non-hydrogen) atoms. The van der Waals surface area contributed by atoms with Crippen molar-refractivity contribution in [2.45, 2.75) is 19.4 Å². The first kappa shape index (κ1) is 17.7. The number of aromatic nitrogens is 3. The fourth-order valence-electron chi connectivity index (χ4n) is 3.78. The highest BCUT2D eigenvalue weighted by molar-refractivity contribution is 5.94. The second kappa shape index (κ2) is 7.88. The van der Waals surface area contributed by atoms with Crippen molar-refractivity contribution in [2.75, 3.05) is 26.8 Å². The number of imidazole rings is 1. The fourth-order valence-corrected chi connectivity index (χ4v) is 3.78. The maximum absolute atomic E-state index is 12.7. The van der Waals surface area contributed by atoms with Gasteiger partial charge in [0.2, 0.25) is 0 Å². The summed E-state index contributed by atoms with van der Waals surface area (Å²) in [6.07, 6.45) is 3.64. The molecule has 6 nitrogen and oxygen atoms in total. The van der Waals surface area contributed by atoms with Gasteiger partial charge in [0.15, 0.2) is 5.65 Å². The molecule has 1 saturated heterocycles. The third-order valence-electron chi connectivity index (χ3n) is 5.17. The average molecular weight is 364 g/mol. The number of rotatable bonds is 6. The molecule has 1 aromatic carbocycles. The molecule has 0 bridgehead atoms. The molecule has 4 rings (SSSR count). The SMILES string of the molecule is COCCn1c(CC2CCN(C(=O)c3ccccc3)C2)nc2cccnc21. The van der Waals surface area contributed by atoms with Crippen LogP contribution >= 0.6 is 0 Å². The number of likely N-dealkylation sites (tertiary alicyclic amines) is 1. The van der Waals surface area contributed by atoms with Gasteiger partial charge < -0.3 is 14.2 Å². The van der Waals surface area contributed by atoms with E-state index in [9.17, 15) is 4.79 Å².